The van der Waals surface area contributed by atoms with Crippen LogP contribution in [0.5, 0.6) is 0 Å². The zero-order chi connectivity index (χ0) is 16.0. The number of hydrogen-bond acceptors (Lipinski definition) is 5. The fourth-order valence-electron chi connectivity index (χ4n) is 1.51. The van der Waals surface area contributed by atoms with Crippen LogP contribution in [0.15, 0.2) is 24.3 Å². The molecule has 0 saturated heterocycles. The molecule has 1 rings (SSSR count). The molecular weight excluding hydrogens is 280 g/mol. The van der Waals surface area contributed by atoms with E-state index < -0.39 is 36.2 Å². The van der Waals surface area contributed by atoms with E-state index in [1.807, 2.05) is 0 Å². The first-order chi connectivity index (χ1) is 9.85. The van der Waals surface area contributed by atoms with Crippen LogP contribution < -0.4 is 11.1 Å². The summed E-state index contributed by atoms with van der Waals surface area (Å²) in [6, 6.07) is 4.04. The van der Waals surface area contributed by atoms with Crippen LogP contribution in [0, 0.1) is 0 Å². The van der Waals surface area contributed by atoms with E-state index in [-0.39, 0.29) is 11.1 Å². The van der Waals surface area contributed by atoms with Gasteiger partial charge in [0.2, 0.25) is 5.91 Å². The smallest absolute Gasteiger partial charge is 0.326 e. The van der Waals surface area contributed by atoms with Crippen molar-refractivity contribution in [3.05, 3.63) is 35.4 Å². The van der Waals surface area contributed by atoms with Crippen molar-refractivity contribution in [1.29, 1.82) is 0 Å². The molecule has 0 bridgehead atoms. The van der Waals surface area contributed by atoms with Gasteiger partial charge in [0, 0.05) is 11.1 Å². The van der Waals surface area contributed by atoms with Gasteiger partial charge in [0.15, 0.2) is 0 Å². The largest absolute Gasteiger partial charge is 0.480 e. The first kappa shape index (κ1) is 16.2. The predicted octanol–water partition coefficient (Wildman–Crippen LogP) is -0.468. The summed E-state index contributed by atoms with van der Waals surface area (Å²) in [4.78, 5) is 45.0. The molecule has 112 valence electrons. The number of carboxylic acid groups (broad SMARTS) is 1. The van der Waals surface area contributed by atoms with Crippen LogP contribution in [-0.4, -0.2) is 42.0 Å². The SMILES string of the molecule is COC(=O)C[C@H](NC(=O)c1cccc(C(N)=O)c1)C(=O)O. The molecule has 4 N–H and O–H groups in total. The van der Waals surface area contributed by atoms with Gasteiger partial charge in [0.1, 0.15) is 6.04 Å². The number of carbonyl (C=O) groups is 4. The molecular formula is C13H14N2O6. The van der Waals surface area contributed by atoms with Gasteiger partial charge in [-0.25, -0.2) is 4.79 Å². The second kappa shape index (κ2) is 7.04. The van der Waals surface area contributed by atoms with Crippen LogP contribution in [0.1, 0.15) is 27.1 Å². The highest BCUT2D eigenvalue weighted by atomic mass is 16.5. The number of benzene rings is 1. The van der Waals surface area contributed by atoms with Gasteiger partial charge in [-0.05, 0) is 18.2 Å². The molecule has 1 aromatic carbocycles. The zero-order valence-corrected chi connectivity index (χ0v) is 11.2. The standard InChI is InChI=1S/C13H14N2O6/c1-21-10(16)6-9(13(19)20)15-12(18)8-4-2-3-7(5-8)11(14)17/h2-5,9H,6H2,1H3,(H2,14,17)(H,15,18)(H,19,20)/t9-/m0/s1. The maximum atomic E-state index is 11.9. The molecule has 2 amide bonds. The average molecular weight is 294 g/mol. The van der Waals surface area contributed by atoms with E-state index in [4.69, 9.17) is 10.8 Å². The molecule has 0 aliphatic heterocycles. The lowest BCUT2D eigenvalue weighted by Gasteiger charge is -2.13. The van der Waals surface area contributed by atoms with Crippen LogP contribution in [0.25, 0.3) is 0 Å². The molecule has 0 fully saturated rings. The van der Waals surface area contributed by atoms with Crippen molar-refractivity contribution in [2.24, 2.45) is 5.73 Å². The third kappa shape index (κ3) is 4.60. The molecule has 0 saturated carbocycles. The van der Waals surface area contributed by atoms with E-state index in [2.05, 4.69) is 10.1 Å². The molecule has 21 heavy (non-hydrogen) atoms. The van der Waals surface area contributed by atoms with Crippen molar-refractivity contribution in [2.75, 3.05) is 7.11 Å². The maximum absolute atomic E-state index is 11.9. The minimum Gasteiger partial charge on any atom is -0.480 e. The Labute approximate surface area is 119 Å². The third-order valence-electron chi connectivity index (χ3n) is 2.61. The molecule has 0 spiro atoms. The molecule has 0 aliphatic carbocycles. The second-order valence-electron chi connectivity index (χ2n) is 4.09. The number of carboxylic acids is 1. The summed E-state index contributed by atoms with van der Waals surface area (Å²) in [6.07, 6.45) is -0.507. The Bertz CT molecular complexity index is 584. The number of rotatable bonds is 6. The monoisotopic (exact) mass is 294 g/mol. The minimum atomic E-state index is -1.43. The highest BCUT2D eigenvalue weighted by Crippen LogP contribution is 2.06. The number of aliphatic carboxylic acids is 1. The highest BCUT2D eigenvalue weighted by Gasteiger charge is 2.24. The lowest BCUT2D eigenvalue weighted by Crippen LogP contribution is -2.42. The number of ether oxygens (including phenoxy) is 1. The second-order valence-corrected chi connectivity index (χ2v) is 4.09. The van der Waals surface area contributed by atoms with Gasteiger partial charge in [-0.15, -0.1) is 0 Å². The number of primary amides is 1. The molecule has 8 nitrogen and oxygen atoms in total. The molecule has 1 aromatic rings. The Balaban J connectivity index is 2.87. The third-order valence-corrected chi connectivity index (χ3v) is 2.61. The summed E-state index contributed by atoms with van der Waals surface area (Å²) in [5.41, 5.74) is 5.26. The molecule has 0 aliphatic rings. The van der Waals surface area contributed by atoms with E-state index in [1.165, 1.54) is 24.3 Å². The predicted molar refractivity (Wildman–Crippen MR) is 70.5 cm³/mol. The Hall–Kier alpha value is -2.90. The van der Waals surface area contributed by atoms with Crippen LogP contribution in [0.4, 0.5) is 0 Å². The fraction of sp³-hybridized carbons (Fsp3) is 0.231. The van der Waals surface area contributed by atoms with Gasteiger partial charge in [-0.1, -0.05) is 6.07 Å². The Kier molecular flexibility index (Phi) is 5.41. The summed E-state index contributed by atoms with van der Waals surface area (Å²) in [5.74, 6) is -3.60. The highest BCUT2D eigenvalue weighted by molar-refractivity contribution is 6.00. The topological polar surface area (TPSA) is 136 Å². The van der Waals surface area contributed by atoms with Crippen LogP contribution >= 0.6 is 0 Å². The summed E-state index contributed by atoms with van der Waals surface area (Å²) in [6.45, 7) is 0. The molecule has 8 heteroatoms. The normalized spacial score (nSPS) is 11.3. The van der Waals surface area contributed by atoms with Crippen molar-refractivity contribution >= 4 is 23.8 Å². The number of methoxy groups -OCH3 is 1. The molecule has 1 atom stereocenters. The van der Waals surface area contributed by atoms with Gasteiger partial charge in [0.25, 0.3) is 5.91 Å². The molecule has 0 heterocycles. The van der Waals surface area contributed by atoms with Crippen LogP contribution in [0.2, 0.25) is 0 Å². The number of hydrogen-bond donors (Lipinski definition) is 3. The summed E-state index contributed by atoms with van der Waals surface area (Å²) in [7, 11) is 1.11. The van der Waals surface area contributed by atoms with Crippen molar-refractivity contribution in [3.63, 3.8) is 0 Å². The van der Waals surface area contributed by atoms with Crippen molar-refractivity contribution in [1.82, 2.24) is 5.32 Å². The number of nitrogens with two attached hydrogens (primary N) is 1. The number of nitrogens with one attached hydrogen (secondary N) is 1. The van der Waals surface area contributed by atoms with E-state index in [0.717, 1.165) is 7.11 Å². The first-order valence-electron chi connectivity index (χ1n) is 5.85. The van der Waals surface area contributed by atoms with Crippen LogP contribution in [-0.2, 0) is 14.3 Å². The van der Waals surface area contributed by atoms with Crippen molar-refractivity contribution < 1.29 is 29.0 Å². The van der Waals surface area contributed by atoms with E-state index >= 15 is 0 Å². The molecule has 0 radical (unpaired) electrons. The Morgan fingerprint density at radius 1 is 1.29 bits per heavy atom. The van der Waals surface area contributed by atoms with E-state index in [1.54, 1.807) is 0 Å². The van der Waals surface area contributed by atoms with Crippen molar-refractivity contribution in [3.8, 4) is 0 Å². The zero-order valence-electron chi connectivity index (χ0n) is 11.2. The minimum absolute atomic E-state index is 0.0578. The van der Waals surface area contributed by atoms with E-state index in [0.29, 0.717) is 0 Å². The fourth-order valence-corrected chi connectivity index (χ4v) is 1.51. The lowest BCUT2D eigenvalue weighted by atomic mass is 10.1. The van der Waals surface area contributed by atoms with Gasteiger partial charge in [-0.3, -0.25) is 14.4 Å². The first-order valence-corrected chi connectivity index (χ1v) is 5.85. The average Bonchev–Trinajstić information content (AvgIpc) is 2.46. The van der Waals surface area contributed by atoms with E-state index in [9.17, 15) is 19.2 Å². The Morgan fingerprint density at radius 3 is 2.43 bits per heavy atom. The number of esters is 1. The van der Waals surface area contributed by atoms with Crippen molar-refractivity contribution in [2.45, 2.75) is 12.5 Å². The summed E-state index contributed by atoms with van der Waals surface area (Å²) >= 11 is 0. The summed E-state index contributed by atoms with van der Waals surface area (Å²) in [5, 5.41) is 11.1. The molecule has 0 unspecified atom stereocenters. The van der Waals surface area contributed by atoms with Crippen LogP contribution in [0.3, 0.4) is 0 Å². The lowest BCUT2D eigenvalue weighted by molar-refractivity contribution is -0.147. The van der Waals surface area contributed by atoms with Gasteiger partial charge >= 0.3 is 11.9 Å². The number of carbonyl (C=O) groups excluding carboxylic acids is 3. The Morgan fingerprint density at radius 2 is 1.90 bits per heavy atom. The van der Waals surface area contributed by atoms with Gasteiger partial charge in [-0.2, -0.15) is 0 Å². The van der Waals surface area contributed by atoms with Gasteiger partial charge in [0.05, 0.1) is 13.5 Å². The molecule has 0 aromatic heterocycles. The van der Waals surface area contributed by atoms with Gasteiger partial charge < -0.3 is 20.9 Å². The number of amides is 2. The quantitative estimate of drug-likeness (QED) is 0.607. The summed E-state index contributed by atoms with van der Waals surface area (Å²) < 4.78 is 4.35. The maximum Gasteiger partial charge on any atom is 0.326 e.